The molecule has 2 saturated carbocycles. The predicted octanol–water partition coefficient (Wildman–Crippen LogP) is 2.73. The molecule has 12 nitrogen and oxygen atoms in total. The summed E-state index contributed by atoms with van der Waals surface area (Å²) in [5.41, 5.74) is -2.15. The van der Waals surface area contributed by atoms with Crippen LogP contribution in [0.4, 0.5) is 4.79 Å². The number of rotatable bonds is 12. The maximum Gasteiger partial charge on any atom is 0.316 e. The topological polar surface area (TPSA) is 171 Å². The first kappa shape index (κ1) is 35.4. The minimum Gasteiger partial charge on any atom is -0.340 e. The number of sulfonamides is 1. The average Bonchev–Trinajstić information content (AvgIpc) is 3.91. The number of nitrogens with one attached hydrogen (secondary N) is 4. The van der Waals surface area contributed by atoms with Crippen LogP contribution in [-0.4, -0.2) is 73.1 Å². The summed E-state index contributed by atoms with van der Waals surface area (Å²) in [6, 6.07) is 4.24. The Morgan fingerprint density at radius 3 is 2.02 bits per heavy atom. The van der Waals surface area contributed by atoms with Gasteiger partial charge in [-0.25, -0.2) is 17.9 Å². The third-order valence-electron chi connectivity index (χ3n) is 9.31. The lowest BCUT2D eigenvalue weighted by Crippen LogP contribution is -2.62. The van der Waals surface area contributed by atoms with Crippen molar-refractivity contribution in [1.82, 2.24) is 25.6 Å². The van der Waals surface area contributed by atoms with Gasteiger partial charge in [-0.05, 0) is 67.4 Å². The Morgan fingerprint density at radius 1 is 0.913 bits per heavy atom. The number of nitrogens with zero attached hydrogens (tertiary/aromatic N) is 1. The van der Waals surface area contributed by atoms with Crippen LogP contribution in [0.3, 0.4) is 0 Å². The zero-order chi connectivity index (χ0) is 34.2. The number of likely N-dealkylation sites (tertiary alicyclic amines) is 1. The van der Waals surface area contributed by atoms with Crippen LogP contribution in [-0.2, 0) is 29.2 Å². The minimum absolute atomic E-state index is 0.00514. The SMILES string of the molecule is CC(C)C(NC(=O)NC(C(=O)N1CCC(C(C)C)[C@H]1C(=O)NC1(C(=O)NS(=O)(=O)c2ccccc2)CC1)C(C)(C)C)C(=O)C1CC1. The normalized spacial score (nSPS) is 22.2. The molecule has 46 heavy (non-hydrogen) atoms. The van der Waals surface area contributed by atoms with E-state index in [1.807, 2.05) is 48.5 Å². The molecule has 3 fully saturated rings. The molecule has 1 aliphatic heterocycles. The summed E-state index contributed by atoms with van der Waals surface area (Å²) < 4.78 is 27.7. The van der Waals surface area contributed by atoms with Gasteiger partial charge in [-0.1, -0.05) is 66.7 Å². The van der Waals surface area contributed by atoms with E-state index in [1.165, 1.54) is 17.0 Å². The smallest absolute Gasteiger partial charge is 0.316 e. The zero-order valence-electron chi connectivity index (χ0n) is 27.9. The first-order valence-electron chi connectivity index (χ1n) is 16.2. The molecule has 4 atom stereocenters. The third-order valence-corrected chi connectivity index (χ3v) is 10.7. The Kier molecular flexibility index (Phi) is 10.2. The van der Waals surface area contributed by atoms with Crippen LogP contribution in [0.15, 0.2) is 35.2 Å². The molecule has 1 saturated heterocycles. The molecule has 13 heteroatoms. The number of amides is 5. The number of Topliss-reactive ketones (excluding diaryl/α,β-unsaturated/α-hetero) is 1. The van der Waals surface area contributed by atoms with E-state index in [-0.39, 0.29) is 53.7 Å². The molecule has 0 aromatic heterocycles. The molecule has 1 aromatic carbocycles. The summed E-state index contributed by atoms with van der Waals surface area (Å²) in [6.45, 7) is 13.3. The van der Waals surface area contributed by atoms with Gasteiger partial charge in [-0.3, -0.25) is 19.2 Å². The molecule has 3 unspecified atom stereocenters. The van der Waals surface area contributed by atoms with E-state index in [0.29, 0.717) is 6.42 Å². The Balaban J connectivity index is 1.51. The van der Waals surface area contributed by atoms with Crippen molar-refractivity contribution in [2.45, 2.75) is 109 Å². The van der Waals surface area contributed by atoms with Gasteiger partial charge in [0, 0.05) is 12.5 Å². The molecule has 2 aliphatic carbocycles. The number of hydrogen-bond acceptors (Lipinski definition) is 7. The molecule has 254 valence electrons. The van der Waals surface area contributed by atoms with Gasteiger partial charge in [-0.2, -0.15) is 0 Å². The fourth-order valence-corrected chi connectivity index (χ4v) is 7.21. The van der Waals surface area contributed by atoms with Crippen molar-refractivity contribution in [3.63, 3.8) is 0 Å². The summed E-state index contributed by atoms with van der Waals surface area (Å²) in [4.78, 5) is 68.9. The van der Waals surface area contributed by atoms with E-state index in [4.69, 9.17) is 0 Å². The van der Waals surface area contributed by atoms with E-state index in [0.717, 1.165) is 12.8 Å². The van der Waals surface area contributed by atoms with Crippen LogP contribution >= 0.6 is 0 Å². The number of carbonyl (C=O) groups excluding carboxylic acids is 5. The van der Waals surface area contributed by atoms with E-state index >= 15 is 0 Å². The van der Waals surface area contributed by atoms with E-state index < -0.39 is 62.9 Å². The van der Waals surface area contributed by atoms with Gasteiger partial charge in [0.1, 0.15) is 17.6 Å². The van der Waals surface area contributed by atoms with Crippen molar-refractivity contribution in [3.8, 4) is 0 Å². The maximum atomic E-state index is 14.2. The molecule has 1 aromatic rings. The Morgan fingerprint density at radius 2 is 1.52 bits per heavy atom. The molecule has 0 radical (unpaired) electrons. The highest BCUT2D eigenvalue weighted by Gasteiger charge is 2.55. The van der Waals surface area contributed by atoms with Crippen molar-refractivity contribution in [2.75, 3.05) is 6.54 Å². The van der Waals surface area contributed by atoms with Gasteiger partial charge >= 0.3 is 6.03 Å². The van der Waals surface area contributed by atoms with Crippen LogP contribution in [0.5, 0.6) is 0 Å². The van der Waals surface area contributed by atoms with E-state index in [9.17, 15) is 32.4 Å². The molecule has 3 aliphatic rings. The van der Waals surface area contributed by atoms with Gasteiger partial charge in [0.05, 0.1) is 10.9 Å². The lowest BCUT2D eigenvalue weighted by molar-refractivity contribution is -0.143. The minimum atomic E-state index is -4.15. The number of urea groups is 1. The summed E-state index contributed by atoms with van der Waals surface area (Å²) in [5.74, 6) is -2.20. The van der Waals surface area contributed by atoms with Crippen molar-refractivity contribution in [2.24, 2.45) is 29.1 Å². The highest BCUT2D eigenvalue weighted by atomic mass is 32.2. The van der Waals surface area contributed by atoms with Crippen LogP contribution in [0, 0.1) is 29.1 Å². The maximum absolute atomic E-state index is 14.2. The Labute approximate surface area is 272 Å². The first-order chi connectivity index (χ1) is 21.4. The highest BCUT2D eigenvalue weighted by Crippen LogP contribution is 2.39. The lowest BCUT2D eigenvalue weighted by Gasteiger charge is -2.37. The number of benzene rings is 1. The second-order valence-electron chi connectivity index (χ2n) is 14.8. The molecule has 1 heterocycles. The van der Waals surface area contributed by atoms with Crippen LogP contribution in [0.1, 0.15) is 80.6 Å². The molecule has 4 rings (SSSR count). The molecule has 4 N–H and O–H groups in total. The van der Waals surface area contributed by atoms with Crippen molar-refractivity contribution in [1.29, 1.82) is 0 Å². The molecule has 0 bridgehead atoms. The molecular weight excluding hydrogens is 610 g/mol. The highest BCUT2D eigenvalue weighted by molar-refractivity contribution is 7.90. The summed E-state index contributed by atoms with van der Waals surface area (Å²) >= 11 is 0. The van der Waals surface area contributed by atoms with Gasteiger partial charge in [0.15, 0.2) is 5.78 Å². The summed E-state index contributed by atoms with van der Waals surface area (Å²) in [7, 11) is -4.15. The Bertz CT molecular complexity index is 1450. The van der Waals surface area contributed by atoms with Gasteiger partial charge in [0.25, 0.3) is 15.9 Å². The van der Waals surface area contributed by atoms with Gasteiger partial charge in [-0.15, -0.1) is 0 Å². The van der Waals surface area contributed by atoms with Crippen LogP contribution in [0.2, 0.25) is 0 Å². The van der Waals surface area contributed by atoms with Crippen LogP contribution in [0.25, 0.3) is 0 Å². The second kappa shape index (κ2) is 13.3. The standard InChI is InChI=1S/C33H49N5O7S/c1-19(2)23-15-18-38(29(41)27(32(5,6)7)35-31(43)34-24(20(3)4)26(39)21-13-14-21)25(23)28(40)36-33(16-17-33)30(42)37-46(44,45)22-11-9-8-10-12-22/h8-12,19-21,23-25,27H,13-18H2,1-7H3,(H,36,40)(H,37,42)(H2,34,35,43)/t23?,24?,25-,27?/m0/s1. The molecule has 0 spiro atoms. The van der Waals surface area contributed by atoms with E-state index in [1.54, 1.807) is 18.2 Å². The van der Waals surface area contributed by atoms with Crippen molar-refractivity contribution in [3.05, 3.63) is 30.3 Å². The Hall–Kier alpha value is -3.48. The summed E-state index contributed by atoms with van der Waals surface area (Å²) in [5, 5.41) is 8.38. The number of ketones is 1. The van der Waals surface area contributed by atoms with Gasteiger partial charge in [0.2, 0.25) is 11.8 Å². The van der Waals surface area contributed by atoms with Crippen molar-refractivity contribution < 1.29 is 32.4 Å². The third kappa shape index (κ3) is 7.90. The monoisotopic (exact) mass is 659 g/mol. The second-order valence-corrected chi connectivity index (χ2v) is 16.5. The molecule has 5 amide bonds. The fourth-order valence-electron chi connectivity index (χ4n) is 6.14. The zero-order valence-corrected chi connectivity index (χ0v) is 28.7. The number of hydrogen-bond donors (Lipinski definition) is 4. The van der Waals surface area contributed by atoms with Gasteiger partial charge < -0.3 is 20.9 Å². The number of carbonyl (C=O) groups is 5. The summed E-state index contributed by atoms with van der Waals surface area (Å²) in [6.07, 6.45) is 2.68. The lowest BCUT2D eigenvalue weighted by atomic mass is 9.84. The quantitative estimate of drug-likeness (QED) is 0.267. The van der Waals surface area contributed by atoms with E-state index in [2.05, 4.69) is 20.7 Å². The first-order valence-corrected chi connectivity index (χ1v) is 17.7. The van der Waals surface area contributed by atoms with Crippen LogP contribution < -0.4 is 20.7 Å². The molecular formula is C33H49N5O7S. The largest absolute Gasteiger partial charge is 0.340 e. The fraction of sp³-hybridized carbons (Fsp3) is 0.667. The predicted molar refractivity (Wildman–Crippen MR) is 172 cm³/mol. The average molecular weight is 660 g/mol. The van der Waals surface area contributed by atoms with Crippen molar-refractivity contribution >= 4 is 39.6 Å².